The Hall–Kier alpha value is -2.00. The molecule has 0 saturated heterocycles. The van der Waals surface area contributed by atoms with Gasteiger partial charge in [0.15, 0.2) is 0 Å². The van der Waals surface area contributed by atoms with Crippen molar-refractivity contribution in [2.24, 2.45) is 5.92 Å². The molecule has 1 aromatic heterocycles. The molecule has 0 unspecified atom stereocenters. The standard InChI is InChI=1S/C16H20N4OS/c1-3-11(2)15(20-14(21)10-22-9-8-17)16-18-12-6-4-5-7-13(12)19-16/h4-7,11,15H,3,9-10H2,1-2H3,(H,18,19)(H,20,21)/t11-,15-/m0/s1. The van der Waals surface area contributed by atoms with E-state index in [-0.39, 0.29) is 17.9 Å². The maximum Gasteiger partial charge on any atom is 0.230 e. The average molecular weight is 316 g/mol. The van der Waals surface area contributed by atoms with Gasteiger partial charge in [0.2, 0.25) is 5.91 Å². The Balaban J connectivity index is 2.15. The number of hydrogen-bond donors (Lipinski definition) is 2. The smallest absolute Gasteiger partial charge is 0.230 e. The summed E-state index contributed by atoms with van der Waals surface area (Å²) in [4.78, 5) is 20.0. The molecule has 116 valence electrons. The molecule has 0 radical (unpaired) electrons. The van der Waals surface area contributed by atoms with Gasteiger partial charge in [-0.2, -0.15) is 5.26 Å². The van der Waals surface area contributed by atoms with Crippen LogP contribution in [0.5, 0.6) is 0 Å². The molecule has 5 nitrogen and oxygen atoms in total. The summed E-state index contributed by atoms with van der Waals surface area (Å²) in [6.07, 6.45) is 0.938. The van der Waals surface area contributed by atoms with Crippen molar-refractivity contribution in [3.05, 3.63) is 30.1 Å². The maximum absolute atomic E-state index is 12.1. The van der Waals surface area contributed by atoms with E-state index >= 15 is 0 Å². The SMILES string of the molecule is CC[C@H](C)[C@H](NC(=O)CSCC#N)c1nc2ccccc2[nH]1. The number of nitrogens with one attached hydrogen (secondary N) is 2. The number of fused-ring (bicyclic) bond motifs is 1. The van der Waals surface area contributed by atoms with Crippen LogP contribution in [0.1, 0.15) is 32.1 Å². The van der Waals surface area contributed by atoms with Crippen molar-refractivity contribution >= 4 is 28.7 Å². The van der Waals surface area contributed by atoms with Crippen LogP contribution in [-0.2, 0) is 4.79 Å². The minimum atomic E-state index is -0.146. The summed E-state index contributed by atoms with van der Waals surface area (Å²) in [5.41, 5.74) is 1.87. The number of rotatable bonds is 7. The predicted octanol–water partition coefficient (Wildman–Crippen LogP) is 3.02. The molecule has 2 atom stereocenters. The van der Waals surface area contributed by atoms with Gasteiger partial charge in [-0.3, -0.25) is 4.79 Å². The van der Waals surface area contributed by atoms with Crippen molar-refractivity contribution in [2.45, 2.75) is 26.3 Å². The molecule has 2 rings (SSSR count). The molecular formula is C16H20N4OS. The number of imidazole rings is 1. The van der Waals surface area contributed by atoms with E-state index in [0.717, 1.165) is 23.3 Å². The minimum absolute atomic E-state index is 0.0639. The summed E-state index contributed by atoms with van der Waals surface area (Å²) < 4.78 is 0. The number of thioether (sulfide) groups is 1. The second kappa shape index (κ2) is 7.85. The molecule has 0 aliphatic heterocycles. The van der Waals surface area contributed by atoms with Crippen molar-refractivity contribution in [3.8, 4) is 6.07 Å². The highest BCUT2D eigenvalue weighted by Gasteiger charge is 2.23. The number of hydrogen-bond acceptors (Lipinski definition) is 4. The predicted molar refractivity (Wildman–Crippen MR) is 89.4 cm³/mol. The number of amides is 1. The van der Waals surface area contributed by atoms with Crippen LogP contribution in [0.15, 0.2) is 24.3 Å². The molecule has 0 saturated carbocycles. The number of nitrogens with zero attached hydrogens (tertiary/aromatic N) is 2. The lowest BCUT2D eigenvalue weighted by Gasteiger charge is -2.22. The molecule has 1 amide bonds. The normalized spacial score (nSPS) is 13.5. The molecule has 6 heteroatoms. The molecule has 2 aromatic rings. The van der Waals surface area contributed by atoms with E-state index in [1.165, 1.54) is 11.8 Å². The molecule has 2 N–H and O–H groups in total. The summed E-state index contributed by atoms with van der Waals surface area (Å²) in [6, 6.07) is 9.71. The average Bonchev–Trinajstić information content (AvgIpc) is 2.95. The first-order chi connectivity index (χ1) is 10.7. The van der Waals surface area contributed by atoms with Crippen LogP contribution >= 0.6 is 11.8 Å². The monoisotopic (exact) mass is 316 g/mol. The first-order valence-corrected chi connectivity index (χ1v) is 8.49. The minimum Gasteiger partial charge on any atom is -0.345 e. The van der Waals surface area contributed by atoms with Crippen molar-refractivity contribution in [1.29, 1.82) is 5.26 Å². The molecule has 0 aliphatic rings. The van der Waals surface area contributed by atoms with Crippen LogP contribution in [0.4, 0.5) is 0 Å². The molecule has 22 heavy (non-hydrogen) atoms. The van der Waals surface area contributed by atoms with E-state index < -0.39 is 0 Å². The number of benzene rings is 1. The third-order valence-corrected chi connectivity index (χ3v) is 4.43. The van der Waals surface area contributed by atoms with Gasteiger partial charge < -0.3 is 10.3 Å². The second-order valence-electron chi connectivity index (χ2n) is 5.22. The fraction of sp³-hybridized carbons (Fsp3) is 0.438. The molecule has 1 heterocycles. The first kappa shape index (κ1) is 16.4. The van der Waals surface area contributed by atoms with Gasteiger partial charge in [0.25, 0.3) is 0 Å². The zero-order chi connectivity index (χ0) is 15.9. The number of aromatic amines is 1. The number of carbonyl (C=O) groups is 1. The summed E-state index contributed by atoms with van der Waals surface area (Å²) in [7, 11) is 0. The largest absolute Gasteiger partial charge is 0.345 e. The summed E-state index contributed by atoms with van der Waals surface area (Å²) in [6.45, 7) is 4.19. The topological polar surface area (TPSA) is 81.6 Å². The van der Waals surface area contributed by atoms with Crippen molar-refractivity contribution in [1.82, 2.24) is 15.3 Å². The molecular weight excluding hydrogens is 296 g/mol. The Morgan fingerprint density at radius 2 is 2.27 bits per heavy atom. The fourth-order valence-corrected chi connectivity index (χ4v) is 2.70. The van der Waals surface area contributed by atoms with Crippen molar-refractivity contribution in [2.75, 3.05) is 11.5 Å². The van der Waals surface area contributed by atoms with Gasteiger partial charge in [-0.1, -0.05) is 32.4 Å². The van der Waals surface area contributed by atoms with E-state index in [1.54, 1.807) is 0 Å². The van der Waals surface area contributed by atoms with E-state index in [2.05, 4.69) is 29.1 Å². The van der Waals surface area contributed by atoms with Crippen LogP contribution in [0.3, 0.4) is 0 Å². The van der Waals surface area contributed by atoms with Crippen LogP contribution in [0, 0.1) is 17.2 Å². The highest BCUT2D eigenvalue weighted by molar-refractivity contribution is 8.00. The number of nitriles is 1. The van der Waals surface area contributed by atoms with Crippen LogP contribution in [0.2, 0.25) is 0 Å². The van der Waals surface area contributed by atoms with Crippen molar-refractivity contribution in [3.63, 3.8) is 0 Å². The number of aromatic nitrogens is 2. The third-order valence-electron chi connectivity index (χ3n) is 3.63. The number of carbonyl (C=O) groups excluding carboxylic acids is 1. The molecule has 0 fully saturated rings. The second-order valence-corrected chi connectivity index (χ2v) is 6.21. The van der Waals surface area contributed by atoms with Gasteiger partial charge in [-0.25, -0.2) is 4.98 Å². The number of para-hydroxylation sites is 2. The van der Waals surface area contributed by atoms with Gasteiger partial charge in [0, 0.05) is 0 Å². The third kappa shape index (κ3) is 4.01. The van der Waals surface area contributed by atoms with Gasteiger partial charge in [-0.15, -0.1) is 11.8 Å². The van der Waals surface area contributed by atoms with E-state index in [9.17, 15) is 4.79 Å². The first-order valence-electron chi connectivity index (χ1n) is 7.34. The van der Waals surface area contributed by atoms with E-state index in [4.69, 9.17) is 5.26 Å². The Morgan fingerprint density at radius 1 is 1.50 bits per heavy atom. The Labute approximate surface area is 134 Å². The highest BCUT2D eigenvalue weighted by atomic mass is 32.2. The fourth-order valence-electron chi connectivity index (χ4n) is 2.24. The maximum atomic E-state index is 12.1. The van der Waals surface area contributed by atoms with E-state index in [1.807, 2.05) is 30.3 Å². The number of H-pyrrole nitrogens is 1. The van der Waals surface area contributed by atoms with Crippen molar-refractivity contribution < 1.29 is 4.79 Å². The van der Waals surface area contributed by atoms with Gasteiger partial charge in [0.05, 0.1) is 34.7 Å². The molecule has 0 spiro atoms. The lowest BCUT2D eigenvalue weighted by molar-refractivity contribution is -0.119. The molecule has 0 bridgehead atoms. The molecule has 1 aromatic carbocycles. The summed E-state index contributed by atoms with van der Waals surface area (Å²) in [5, 5.41) is 11.6. The van der Waals surface area contributed by atoms with Gasteiger partial charge in [0.1, 0.15) is 5.82 Å². The van der Waals surface area contributed by atoms with Crippen LogP contribution in [-0.4, -0.2) is 27.4 Å². The Morgan fingerprint density at radius 3 is 2.95 bits per heavy atom. The lowest BCUT2D eigenvalue weighted by Crippen LogP contribution is -2.34. The van der Waals surface area contributed by atoms with Crippen LogP contribution in [0.25, 0.3) is 11.0 Å². The zero-order valence-electron chi connectivity index (χ0n) is 12.8. The Kier molecular flexibility index (Phi) is 5.84. The summed E-state index contributed by atoms with van der Waals surface area (Å²) in [5.74, 6) is 1.61. The molecule has 0 aliphatic carbocycles. The Bertz CT molecular complexity index is 643. The quantitative estimate of drug-likeness (QED) is 0.769. The highest BCUT2D eigenvalue weighted by Crippen LogP contribution is 2.24. The lowest BCUT2D eigenvalue weighted by atomic mass is 9.98. The van der Waals surface area contributed by atoms with Gasteiger partial charge in [-0.05, 0) is 18.1 Å². The van der Waals surface area contributed by atoms with Gasteiger partial charge >= 0.3 is 0 Å². The zero-order valence-corrected chi connectivity index (χ0v) is 13.6. The summed E-state index contributed by atoms with van der Waals surface area (Å²) >= 11 is 1.32. The van der Waals surface area contributed by atoms with E-state index in [0.29, 0.717) is 11.5 Å². The van der Waals surface area contributed by atoms with Crippen LogP contribution < -0.4 is 5.32 Å².